The highest BCUT2D eigenvalue weighted by Gasteiger charge is 1.99. The molecule has 0 aromatic heterocycles. The van der Waals surface area contributed by atoms with E-state index in [-0.39, 0.29) is 5.84 Å². The maximum atomic E-state index is 8.52. The molecule has 0 spiro atoms. The van der Waals surface area contributed by atoms with E-state index in [0.717, 1.165) is 6.54 Å². The van der Waals surface area contributed by atoms with Crippen LogP contribution in [0.15, 0.2) is 24.3 Å². The van der Waals surface area contributed by atoms with E-state index in [4.69, 9.17) is 10.6 Å². The first-order chi connectivity index (χ1) is 6.63. The van der Waals surface area contributed by atoms with Crippen molar-refractivity contribution in [1.82, 2.24) is 10.4 Å². The van der Waals surface area contributed by atoms with Crippen molar-refractivity contribution < 1.29 is 5.21 Å². The van der Waals surface area contributed by atoms with Gasteiger partial charge in [-0.3, -0.25) is 16.1 Å². The van der Waals surface area contributed by atoms with E-state index in [2.05, 4.69) is 4.90 Å². The molecule has 0 amide bonds. The molecule has 0 aliphatic heterocycles. The van der Waals surface area contributed by atoms with Crippen molar-refractivity contribution in [3.05, 3.63) is 35.4 Å². The summed E-state index contributed by atoms with van der Waals surface area (Å²) >= 11 is 0. The Morgan fingerprint density at radius 2 is 1.93 bits per heavy atom. The van der Waals surface area contributed by atoms with Crippen LogP contribution >= 0.6 is 0 Å². The largest absolute Gasteiger partial charge is 0.305 e. The molecule has 14 heavy (non-hydrogen) atoms. The molecule has 0 fully saturated rings. The van der Waals surface area contributed by atoms with Gasteiger partial charge in [0.1, 0.15) is 5.84 Å². The van der Waals surface area contributed by atoms with Gasteiger partial charge in [-0.2, -0.15) is 0 Å². The van der Waals surface area contributed by atoms with Crippen molar-refractivity contribution in [3.8, 4) is 0 Å². The Hall–Kier alpha value is -1.39. The Kier molecular flexibility index (Phi) is 3.62. The summed E-state index contributed by atoms with van der Waals surface area (Å²) in [7, 11) is 4.01. The average Bonchev–Trinajstić information content (AvgIpc) is 2.17. The number of hydroxylamine groups is 1. The maximum Gasteiger partial charge on any atom is 0.149 e. The maximum absolute atomic E-state index is 8.52. The first-order valence-electron chi connectivity index (χ1n) is 4.36. The van der Waals surface area contributed by atoms with Crippen molar-refractivity contribution in [2.45, 2.75) is 6.54 Å². The van der Waals surface area contributed by atoms with Gasteiger partial charge in [0, 0.05) is 12.1 Å². The second-order valence-electron chi connectivity index (χ2n) is 3.42. The van der Waals surface area contributed by atoms with Crippen molar-refractivity contribution in [2.75, 3.05) is 14.1 Å². The van der Waals surface area contributed by atoms with Gasteiger partial charge in [0.2, 0.25) is 0 Å². The zero-order chi connectivity index (χ0) is 10.6. The smallest absolute Gasteiger partial charge is 0.149 e. The van der Waals surface area contributed by atoms with E-state index in [9.17, 15) is 0 Å². The van der Waals surface area contributed by atoms with E-state index >= 15 is 0 Å². The Morgan fingerprint density at radius 1 is 1.36 bits per heavy atom. The van der Waals surface area contributed by atoms with E-state index in [1.54, 1.807) is 0 Å². The van der Waals surface area contributed by atoms with Crippen LogP contribution in [0.5, 0.6) is 0 Å². The van der Waals surface area contributed by atoms with Crippen molar-refractivity contribution in [3.63, 3.8) is 0 Å². The van der Waals surface area contributed by atoms with Gasteiger partial charge in [-0.1, -0.05) is 24.3 Å². The van der Waals surface area contributed by atoms with Crippen LogP contribution in [0, 0.1) is 5.41 Å². The topological polar surface area (TPSA) is 59.4 Å². The van der Waals surface area contributed by atoms with Crippen LogP contribution in [0.4, 0.5) is 0 Å². The minimum atomic E-state index is 0.0152. The van der Waals surface area contributed by atoms with E-state index in [1.165, 1.54) is 5.56 Å². The lowest BCUT2D eigenvalue weighted by Crippen LogP contribution is -2.18. The minimum Gasteiger partial charge on any atom is -0.305 e. The first-order valence-corrected chi connectivity index (χ1v) is 4.36. The lowest BCUT2D eigenvalue weighted by molar-refractivity contribution is 0.234. The molecule has 1 aromatic rings. The molecule has 1 aromatic carbocycles. The summed E-state index contributed by atoms with van der Waals surface area (Å²) < 4.78 is 0. The SMILES string of the molecule is CN(C)Cc1ccc(C(=N)NO)cc1. The van der Waals surface area contributed by atoms with Crippen LogP contribution in [-0.4, -0.2) is 30.0 Å². The highest BCUT2D eigenvalue weighted by atomic mass is 16.5. The monoisotopic (exact) mass is 193 g/mol. The molecule has 4 nitrogen and oxygen atoms in total. The standard InChI is InChI=1S/C10H15N3O/c1-13(2)7-8-3-5-9(6-4-8)10(11)12-14/h3-6,14H,7H2,1-2H3,(H2,11,12). The predicted molar refractivity (Wildman–Crippen MR) is 55.6 cm³/mol. The van der Waals surface area contributed by atoms with Crippen LogP contribution in [0.25, 0.3) is 0 Å². The molecular weight excluding hydrogens is 178 g/mol. The van der Waals surface area contributed by atoms with Gasteiger partial charge in [-0.15, -0.1) is 0 Å². The lowest BCUT2D eigenvalue weighted by Gasteiger charge is -2.10. The second kappa shape index (κ2) is 4.74. The summed E-state index contributed by atoms with van der Waals surface area (Å²) in [4.78, 5) is 2.07. The minimum absolute atomic E-state index is 0.0152. The van der Waals surface area contributed by atoms with Gasteiger partial charge in [0.25, 0.3) is 0 Å². The van der Waals surface area contributed by atoms with E-state index in [0.29, 0.717) is 5.56 Å². The average molecular weight is 193 g/mol. The fourth-order valence-corrected chi connectivity index (χ4v) is 1.21. The third-order valence-corrected chi connectivity index (χ3v) is 1.85. The fourth-order valence-electron chi connectivity index (χ4n) is 1.21. The molecule has 76 valence electrons. The zero-order valence-electron chi connectivity index (χ0n) is 8.41. The third kappa shape index (κ3) is 2.83. The summed E-state index contributed by atoms with van der Waals surface area (Å²) in [6, 6.07) is 7.51. The van der Waals surface area contributed by atoms with Crippen LogP contribution in [0.2, 0.25) is 0 Å². The Labute approximate surface area is 83.6 Å². The molecule has 0 bridgehead atoms. The summed E-state index contributed by atoms with van der Waals surface area (Å²) in [5.41, 5.74) is 3.68. The van der Waals surface area contributed by atoms with Crippen LogP contribution in [0.3, 0.4) is 0 Å². The molecule has 0 unspecified atom stereocenters. The Balaban J connectivity index is 2.73. The van der Waals surface area contributed by atoms with E-state index < -0.39 is 0 Å². The summed E-state index contributed by atoms with van der Waals surface area (Å²) in [6.45, 7) is 0.875. The van der Waals surface area contributed by atoms with Crippen molar-refractivity contribution in [1.29, 1.82) is 5.41 Å². The summed E-state index contributed by atoms with van der Waals surface area (Å²) in [6.07, 6.45) is 0. The highest BCUT2D eigenvalue weighted by Crippen LogP contribution is 2.05. The summed E-state index contributed by atoms with van der Waals surface area (Å²) in [5.74, 6) is 0.0152. The molecule has 0 aliphatic rings. The van der Waals surface area contributed by atoms with E-state index in [1.807, 2.05) is 43.8 Å². The number of benzene rings is 1. The molecular formula is C10H15N3O. The molecule has 0 atom stereocenters. The molecule has 0 saturated heterocycles. The number of nitrogens with one attached hydrogen (secondary N) is 2. The number of nitrogens with zero attached hydrogens (tertiary/aromatic N) is 1. The van der Waals surface area contributed by atoms with Crippen LogP contribution in [-0.2, 0) is 6.54 Å². The third-order valence-electron chi connectivity index (χ3n) is 1.85. The zero-order valence-corrected chi connectivity index (χ0v) is 8.41. The quantitative estimate of drug-likeness (QED) is 0.382. The molecule has 0 radical (unpaired) electrons. The molecule has 0 heterocycles. The van der Waals surface area contributed by atoms with Crippen LogP contribution < -0.4 is 5.48 Å². The van der Waals surface area contributed by atoms with Gasteiger partial charge in [-0.05, 0) is 19.7 Å². The van der Waals surface area contributed by atoms with Crippen LogP contribution in [0.1, 0.15) is 11.1 Å². The van der Waals surface area contributed by atoms with Gasteiger partial charge < -0.3 is 4.90 Å². The van der Waals surface area contributed by atoms with Gasteiger partial charge in [0.05, 0.1) is 0 Å². The normalized spacial score (nSPS) is 10.3. The Bertz CT molecular complexity index is 306. The highest BCUT2D eigenvalue weighted by molar-refractivity contribution is 5.95. The second-order valence-corrected chi connectivity index (χ2v) is 3.42. The van der Waals surface area contributed by atoms with Gasteiger partial charge in [0.15, 0.2) is 0 Å². The van der Waals surface area contributed by atoms with Gasteiger partial charge >= 0.3 is 0 Å². The molecule has 0 saturated carbocycles. The van der Waals surface area contributed by atoms with Crippen molar-refractivity contribution >= 4 is 5.84 Å². The molecule has 3 N–H and O–H groups in total. The number of hydrogen-bond donors (Lipinski definition) is 3. The number of rotatable bonds is 3. The predicted octanol–water partition coefficient (Wildman–Crippen LogP) is 1.05. The number of hydrogen-bond acceptors (Lipinski definition) is 3. The fraction of sp³-hybridized carbons (Fsp3) is 0.300. The first kappa shape index (κ1) is 10.7. The Morgan fingerprint density at radius 3 is 2.36 bits per heavy atom. The molecule has 4 heteroatoms. The number of amidine groups is 1. The molecule has 0 aliphatic carbocycles. The summed E-state index contributed by atoms with van der Waals surface area (Å²) in [5, 5.41) is 15.8. The molecule has 1 rings (SSSR count). The van der Waals surface area contributed by atoms with Crippen molar-refractivity contribution in [2.24, 2.45) is 0 Å². The lowest BCUT2D eigenvalue weighted by atomic mass is 10.1. The van der Waals surface area contributed by atoms with Gasteiger partial charge in [-0.25, -0.2) is 0 Å².